The average molecular weight is 328 g/mol. The Hall–Kier alpha value is -2.83. The standard InChI is InChI=1S/C17H20N4O3/c1-19-11-14(18-12-19)17(23)21-9-7-20(8-10-21)16(22)13-5-3-4-6-15(13)24-2/h3-6,11-12H,7-10H2,1-2H3. The lowest BCUT2D eigenvalue weighted by molar-refractivity contribution is 0.0530. The van der Waals surface area contributed by atoms with E-state index in [1.54, 1.807) is 46.1 Å². The summed E-state index contributed by atoms with van der Waals surface area (Å²) in [5, 5.41) is 0. The van der Waals surface area contributed by atoms with Crippen LogP contribution in [0.15, 0.2) is 36.8 Å². The average Bonchev–Trinajstić information content (AvgIpc) is 3.07. The Labute approximate surface area is 140 Å². The van der Waals surface area contributed by atoms with Crippen LogP contribution in [0.1, 0.15) is 20.8 Å². The van der Waals surface area contributed by atoms with Gasteiger partial charge < -0.3 is 19.1 Å². The van der Waals surface area contributed by atoms with E-state index in [0.29, 0.717) is 43.2 Å². The normalized spacial score (nSPS) is 14.6. The highest BCUT2D eigenvalue weighted by Gasteiger charge is 2.27. The molecule has 7 nitrogen and oxygen atoms in total. The summed E-state index contributed by atoms with van der Waals surface area (Å²) in [6, 6.07) is 7.18. The molecule has 2 heterocycles. The van der Waals surface area contributed by atoms with Gasteiger partial charge in [-0.15, -0.1) is 0 Å². The number of hydrogen-bond donors (Lipinski definition) is 0. The highest BCUT2D eigenvalue weighted by Crippen LogP contribution is 2.20. The van der Waals surface area contributed by atoms with Crippen LogP contribution in [0.25, 0.3) is 0 Å². The Morgan fingerprint density at radius 1 is 1.04 bits per heavy atom. The van der Waals surface area contributed by atoms with Crippen LogP contribution in [0.2, 0.25) is 0 Å². The molecule has 0 N–H and O–H groups in total. The maximum atomic E-state index is 12.7. The zero-order valence-corrected chi connectivity index (χ0v) is 13.8. The third-order valence-electron chi connectivity index (χ3n) is 4.12. The first kappa shape index (κ1) is 16.0. The van der Waals surface area contributed by atoms with Crippen LogP contribution < -0.4 is 4.74 Å². The molecule has 2 amide bonds. The minimum absolute atomic E-state index is 0.0719. The lowest BCUT2D eigenvalue weighted by atomic mass is 10.1. The molecule has 1 saturated heterocycles. The van der Waals surface area contributed by atoms with Gasteiger partial charge in [0.2, 0.25) is 0 Å². The van der Waals surface area contributed by atoms with Crippen LogP contribution in [0.4, 0.5) is 0 Å². The molecule has 126 valence electrons. The number of imidazole rings is 1. The largest absolute Gasteiger partial charge is 0.496 e. The van der Waals surface area contributed by atoms with E-state index in [0.717, 1.165) is 0 Å². The second kappa shape index (κ2) is 6.74. The van der Waals surface area contributed by atoms with Crippen molar-refractivity contribution in [1.82, 2.24) is 19.4 Å². The first-order valence-corrected chi connectivity index (χ1v) is 7.79. The maximum Gasteiger partial charge on any atom is 0.274 e. The van der Waals surface area contributed by atoms with Gasteiger partial charge in [-0.3, -0.25) is 9.59 Å². The van der Waals surface area contributed by atoms with E-state index in [-0.39, 0.29) is 11.8 Å². The number of aryl methyl sites for hydroxylation is 1. The van der Waals surface area contributed by atoms with Gasteiger partial charge in [-0.25, -0.2) is 4.98 Å². The first-order chi connectivity index (χ1) is 11.6. The van der Waals surface area contributed by atoms with E-state index in [9.17, 15) is 9.59 Å². The number of methoxy groups -OCH3 is 1. The minimum atomic E-state index is -0.0972. The minimum Gasteiger partial charge on any atom is -0.496 e. The summed E-state index contributed by atoms with van der Waals surface area (Å²) >= 11 is 0. The second-order valence-corrected chi connectivity index (χ2v) is 5.71. The van der Waals surface area contributed by atoms with E-state index in [1.807, 2.05) is 19.2 Å². The van der Waals surface area contributed by atoms with Crippen molar-refractivity contribution in [3.05, 3.63) is 48.0 Å². The lowest BCUT2D eigenvalue weighted by Gasteiger charge is -2.34. The van der Waals surface area contributed by atoms with Crippen molar-refractivity contribution in [2.75, 3.05) is 33.3 Å². The van der Waals surface area contributed by atoms with Gasteiger partial charge >= 0.3 is 0 Å². The van der Waals surface area contributed by atoms with Crippen molar-refractivity contribution >= 4 is 11.8 Å². The van der Waals surface area contributed by atoms with E-state index in [1.165, 1.54) is 0 Å². The molecule has 1 aliphatic heterocycles. The molecule has 2 aromatic rings. The van der Waals surface area contributed by atoms with Gasteiger partial charge in [-0.1, -0.05) is 12.1 Å². The van der Waals surface area contributed by atoms with E-state index in [2.05, 4.69) is 4.98 Å². The molecule has 1 aliphatic rings. The molecule has 0 saturated carbocycles. The van der Waals surface area contributed by atoms with E-state index in [4.69, 9.17) is 4.74 Å². The number of rotatable bonds is 3. The highest BCUT2D eigenvalue weighted by atomic mass is 16.5. The SMILES string of the molecule is COc1ccccc1C(=O)N1CCN(C(=O)c2cn(C)cn2)CC1. The Kier molecular flexibility index (Phi) is 4.50. The molecule has 0 radical (unpaired) electrons. The molecule has 24 heavy (non-hydrogen) atoms. The van der Waals surface area contributed by atoms with Crippen LogP contribution in [0, 0.1) is 0 Å². The molecule has 1 aromatic heterocycles. The van der Waals surface area contributed by atoms with Gasteiger partial charge in [0.25, 0.3) is 11.8 Å². The number of benzene rings is 1. The molecular weight excluding hydrogens is 308 g/mol. The van der Waals surface area contributed by atoms with E-state index < -0.39 is 0 Å². The smallest absolute Gasteiger partial charge is 0.274 e. The van der Waals surface area contributed by atoms with Crippen LogP contribution >= 0.6 is 0 Å². The molecule has 0 unspecified atom stereocenters. The molecular formula is C17H20N4O3. The van der Waals surface area contributed by atoms with Gasteiger partial charge in [-0.05, 0) is 12.1 Å². The van der Waals surface area contributed by atoms with Gasteiger partial charge in [0.05, 0.1) is 19.0 Å². The second-order valence-electron chi connectivity index (χ2n) is 5.71. The van der Waals surface area contributed by atoms with Gasteiger partial charge in [0, 0.05) is 39.4 Å². The van der Waals surface area contributed by atoms with Crippen molar-refractivity contribution in [3.63, 3.8) is 0 Å². The number of nitrogens with zero attached hydrogens (tertiary/aromatic N) is 4. The number of aromatic nitrogens is 2. The summed E-state index contributed by atoms with van der Waals surface area (Å²) in [6.07, 6.45) is 3.31. The van der Waals surface area contributed by atoms with Crippen molar-refractivity contribution in [2.24, 2.45) is 7.05 Å². The number of amides is 2. The van der Waals surface area contributed by atoms with Crippen molar-refractivity contribution in [3.8, 4) is 5.75 Å². The summed E-state index contributed by atoms with van der Waals surface area (Å²) in [5.41, 5.74) is 0.978. The Balaban J connectivity index is 1.64. The van der Waals surface area contributed by atoms with Gasteiger partial charge in [-0.2, -0.15) is 0 Å². The first-order valence-electron chi connectivity index (χ1n) is 7.79. The van der Waals surface area contributed by atoms with Crippen molar-refractivity contribution in [2.45, 2.75) is 0 Å². The summed E-state index contributed by atoms with van der Waals surface area (Å²) in [7, 11) is 3.38. The fourth-order valence-electron chi connectivity index (χ4n) is 2.79. The fourth-order valence-corrected chi connectivity index (χ4v) is 2.79. The molecule has 0 aliphatic carbocycles. The zero-order valence-electron chi connectivity index (χ0n) is 13.8. The number of carbonyl (C=O) groups is 2. The summed E-state index contributed by atoms with van der Waals surface area (Å²) in [6.45, 7) is 1.98. The fraction of sp³-hybridized carbons (Fsp3) is 0.353. The topological polar surface area (TPSA) is 67.7 Å². The van der Waals surface area contributed by atoms with Crippen LogP contribution in [-0.2, 0) is 7.05 Å². The predicted octanol–water partition coefficient (Wildman–Crippen LogP) is 1.03. The molecule has 7 heteroatoms. The predicted molar refractivity (Wildman–Crippen MR) is 88.0 cm³/mol. The summed E-state index contributed by atoms with van der Waals surface area (Å²) in [5.74, 6) is 0.395. The van der Waals surface area contributed by atoms with Crippen LogP contribution in [0.3, 0.4) is 0 Å². The lowest BCUT2D eigenvalue weighted by Crippen LogP contribution is -2.50. The molecule has 0 atom stereocenters. The van der Waals surface area contributed by atoms with E-state index >= 15 is 0 Å². The third kappa shape index (κ3) is 3.10. The number of para-hydroxylation sites is 1. The number of ether oxygens (including phenoxy) is 1. The highest BCUT2D eigenvalue weighted by molar-refractivity contribution is 5.97. The molecule has 0 bridgehead atoms. The molecule has 0 spiro atoms. The summed E-state index contributed by atoms with van der Waals surface area (Å²) in [4.78, 5) is 32.6. The molecule has 3 rings (SSSR count). The number of piperazine rings is 1. The Bertz CT molecular complexity index is 748. The monoisotopic (exact) mass is 328 g/mol. The number of hydrogen-bond acceptors (Lipinski definition) is 4. The van der Waals surface area contributed by atoms with Crippen LogP contribution in [-0.4, -0.2) is 64.5 Å². The third-order valence-corrected chi connectivity index (χ3v) is 4.12. The summed E-state index contributed by atoms with van der Waals surface area (Å²) < 4.78 is 7.00. The number of carbonyl (C=O) groups excluding carboxylic acids is 2. The quantitative estimate of drug-likeness (QED) is 0.844. The van der Waals surface area contributed by atoms with Crippen LogP contribution in [0.5, 0.6) is 5.75 Å². The molecule has 1 fully saturated rings. The molecule has 1 aromatic carbocycles. The van der Waals surface area contributed by atoms with Gasteiger partial charge in [0.15, 0.2) is 0 Å². The van der Waals surface area contributed by atoms with Crippen molar-refractivity contribution < 1.29 is 14.3 Å². The maximum absolute atomic E-state index is 12.7. The van der Waals surface area contributed by atoms with Crippen molar-refractivity contribution in [1.29, 1.82) is 0 Å². The Morgan fingerprint density at radius 3 is 2.25 bits per heavy atom. The van der Waals surface area contributed by atoms with Gasteiger partial charge in [0.1, 0.15) is 11.4 Å². The Morgan fingerprint density at radius 2 is 1.67 bits per heavy atom. The zero-order chi connectivity index (χ0) is 17.1.